The van der Waals surface area contributed by atoms with Gasteiger partial charge in [0.15, 0.2) is 29.6 Å². The van der Waals surface area contributed by atoms with Crippen molar-refractivity contribution in [2.45, 2.75) is 82.4 Å². The zero-order valence-electron chi connectivity index (χ0n) is 44.9. The highest BCUT2D eigenvalue weighted by Gasteiger charge is 2.46. The van der Waals surface area contributed by atoms with Gasteiger partial charge in [0.05, 0.1) is 79.0 Å². The molecule has 4 aromatic carbocycles. The Hall–Kier alpha value is -7.91. The van der Waals surface area contributed by atoms with Crippen molar-refractivity contribution in [3.8, 4) is 40.2 Å². The number of esters is 1. The normalized spacial score (nSPS) is 16.8. The fraction of sp³-hybridized carbons (Fsp3) is 0.456. The standard InChI is InChI=1S/C57H68N4O17/c1-7-37(36-32-47(71-4)52(73-6)48(33-36)72-5)54(65)60-25-11-10-15-41(60)57(68)78-43(21-18-35-19-22-44(69-2)46(31-35)70-3)38-13-8-9-16-42(38)77-34-50(63)58-24-26-74-27-28-75-29-30-76-45-17-12-14-39-51(45)56(67)61(55(39)66)40-20-23-49(62)59-53(40)64/h8-9,12-14,16-17,19,22,31-33,37,40-41,43H,7,10-11,15,18,20-21,23-30,34H2,1-6H3,(H,58,63)(H,59,62,64)/t37-,40?,41-,43+/m0/s1. The van der Waals surface area contributed by atoms with Crippen molar-refractivity contribution in [2.75, 3.05) is 88.3 Å². The van der Waals surface area contributed by atoms with Crippen LogP contribution >= 0.6 is 0 Å². The summed E-state index contributed by atoms with van der Waals surface area (Å²) in [6.45, 7) is 2.87. The third-order valence-corrected chi connectivity index (χ3v) is 13.7. The van der Waals surface area contributed by atoms with Gasteiger partial charge in [-0.05, 0) is 98.5 Å². The molecular weight excluding hydrogens is 1010 g/mol. The summed E-state index contributed by atoms with van der Waals surface area (Å²) in [6.07, 6.45) is 2.25. The molecule has 3 aliphatic heterocycles. The van der Waals surface area contributed by atoms with Gasteiger partial charge in [-0.3, -0.25) is 39.0 Å². The number of imide groups is 2. The first kappa shape index (κ1) is 57.8. The van der Waals surface area contributed by atoms with E-state index in [0.717, 1.165) is 16.9 Å². The Labute approximate surface area is 453 Å². The van der Waals surface area contributed by atoms with E-state index in [1.807, 2.05) is 25.1 Å². The Balaban J connectivity index is 0.914. The molecule has 3 heterocycles. The minimum atomic E-state index is -1.09. The number of amides is 6. The molecule has 7 rings (SSSR count). The van der Waals surface area contributed by atoms with Crippen molar-refractivity contribution in [3.05, 3.63) is 101 Å². The van der Waals surface area contributed by atoms with Gasteiger partial charge in [-0.25, -0.2) is 4.79 Å². The van der Waals surface area contributed by atoms with E-state index in [1.54, 1.807) is 67.7 Å². The van der Waals surface area contributed by atoms with E-state index < -0.39 is 59.6 Å². The Kier molecular flexibility index (Phi) is 20.7. The van der Waals surface area contributed by atoms with E-state index in [9.17, 15) is 33.6 Å². The van der Waals surface area contributed by atoms with Gasteiger partial charge < -0.3 is 57.6 Å². The number of piperidine rings is 2. The largest absolute Gasteiger partial charge is 0.493 e. The first-order valence-corrected chi connectivity index (χ1v) is 26.0. The summed E-state index contributed by atoms with van der Waals surface area (Å²) in [5.41, 5.74) is 2.26. The van der Waals surface area contributed by atoms with E-state index in [4.69, 9.17) is 47.4 Å². The van der Waals surface area contributed by atoms with Gasteiger partial charge in [0, 0.05) is 25.1 Å². The van der Waals surface area contributed by atoms with E-state index in [-0.39, 0.29) is 81.8 Å². The van der Waals surface area contributed by atoms with Crippen molar-refractivity contribution in [1.29, 1.82) is 0 Å². The molecule has 1 unspecified atom stereocenters. The maximum Gasteiger partial charge on any atom is 0.329 e. The summed E-state index contributed by atoms with van der Waals surface area (Å²) >= 11 is 0. The minimum absolute atomic E-state index is 0.0131. The average molecular weight is 1080 g/mol. The molecule has 0 radical (unpaired) electrons. The molecule has 2 fully saturated rings. The highest BCUT2D eigenvalue weighted by atomic mass is 16.6. The third-order valence-electron chi connectivity index (χ3n) is 13.7. The Morgan fingerprint density at radius 1 is 0.705 bits per heavy atom. The van der Waals surface area contributed by atoms with Gasteiger partial charge in [-0.2, -0.15) is 0 Å². The lowest BCUT2D eigenvalue weighted by Crippen LogP contribution is -2.54. The van der Waals surface area contributed by atoms with Crippen LogP contribution in [-0.2, 0) is 44.6 Å². The molecule has 2 saturated heterocycles. The smallest absolute Gasteiger partial charge is 0.329 e. The van der Waals surface area contributed by atoms with Crippen molar-refractivity contribution in [1.82, 2.24) is 20.4 Å². The molecule has 0 bridgehead atoms. The van der Waals surface area contributed by atoms with Crippen LogP contribution in [0, 0.1) is 0 Å². The molecule has 2 N–H and O–H groups in total. The molecule has 21 nitrogen and oxygen atoms in total. The van der Waals surface area contributed by atoms with E-state index in [1.165, 1.54) is 27.4 Å². The summed E-state index contributed by atoms with van der Waals surface area (Å²) < 4.78 is 57.3. The highest BCUT2D eigenvalue weighted by Crippen LogP contribution is 2.42. The lowest BCUT2D eigenvalue weighted by molar-refractivity contribution is -0.162. The number of nitrogens with one attached hydrogen (secondary N) is 2. The number of para-hydroxylation sites is 1. The number of carbonyl (C=O) groups excluding carboxylic acids is 7. The zero-order valence-corrected chi connectivity index (χ0v) is 44.9. The van der Waals surface area contributed by atoms with Gasteiger partial charge in [0.2, 0.25) is 23.5 Å². The number of likely N-dealkylation sites (tertiary alicyclic amines) is 1. The Morgan fingerprint density at radius 3 is 2.12 bits per heavy atom. The molecule has 0 spiro atoms. The van der Waals surface area contributed by atoms with E-state index in [2.05, 4.69) is 10.6 Å². The number of benzene rings is 4. The second kappa shape index (κ2) is 27.9. The second-order valence-corrected chi connectivity index (χ2v) is 18.5. The summed E-state index contributed by atoms with van der Waals surface area (Å²) in [7, 11) is 7.66. The predicted octanol–water partition coefficient (Wildman–Crippen LogP) is 5.53. The van der Waals surface area contributed by atoms with Gasteiger partial charge in [-0.1, -0.05) is 37.3 Å². The number of ether oxygens (including phenoxy) is 10. The van der Waals surface area contributed by atoms with Gasteiger partial charge >= 0.3 is 5.97 Å². The van der Waals surface area contributed by atoms with Crippen molar-refractivity contribution in [3.63, 3.8) is 0 Å². The van der Waals surface area contributed by atoms with Crippen molar-refractivity contribution >= 4 is 41.4 Å². The fourth-order valence-corrected chi connectivity index (χ4v) is 9.80. The maximum absolute atomic E-state index is 14.6. The molecular formula is C57H68N4O17. The molecule has 0 aromatic heterocycles. The number of hydrogen-bond acceptors (Lipinski definition) is 17. The van der Waals surface area contributed by atoms with Gasteiger partial charge in [0.1, 0.15) is 36.3 Å². The zero-order chi connectivity index (χ0) is 55.7. The minimum Gasteiger partial charge on any atom is -0.493 e. The first-order valence-electron chi connectivity index (χ1n) is 26.0. The van der Waals surface area contributed by atoms with Crippen LogP contribution in [0.1, 0.15) is 101 Å². The van der Waals surface area contributed by atoms with Crippen LogP contribution in [-0.4, -0.2) is 152 Å². The molecule has 0 aliphatic carbocycles. The van der Waals surface area contributed by atoms with Crippen LogP contribution < -0.4 is 43.8 Å². The van der Waals surface area contributed by atoms with Crippen molar-refractivity contribution in [2.24, 2.45) is 0 Å². The lowest BCUT2D eigenvalue weighted by atomic mass is 9.91. The van der Waals surface area contributed by atoms with Crippen molar-refractivity contribution < 1.29 is 80.9 Å². The number of methoxy groups -OCH3 is 5. The van der Waals surface area contributed by atoms with Gasteiger partial charge in [-0.15, -0.1) is 0 Å². The quantitative estimate of drug-likeness (QED) is 0.0404. The van der Waals surface area contributed by atoms with E-state index in [0.29, 0.717) is 84.3 Å². The summed E-state index contributed by atoms with van der Waals surface area (Å²) in [6, 6.07) is 18.8. The number of nitrogens with zero attached hydrogens (tertiary/aromatic N) is 2. The average Bonchev–Trinajstić information content (AvgIpc) is 3.77. The van der Waals surface area contributed by atoms with E-state index >= 15 is 0 Å². The number of aryl methyl sites for hydroxylation is 1. The van der Waals surface area contributed by atoms with Gasteiger partial charge in [0.25, 0.3) is 17.7 Å². The lowest BCUT2D eigenvalue weighted by Gasteiger charge is -2.37. The first-order chi connectivity index (χ1) is 37.8. The molecule has 6 amide bonds. The second-order valence-electron chi connectivity index (χ2n) is 18.5. The Bertz CT molecular complexity index is 2780. The number of rotatable bonds is 28. The van der Waals surface area contributed by atoms with Crippen LogP contribution in [0.25, 0.3) is 0 Å². The van der Waals surface area contributed by atoms with Crippen LogP contribution in [0.15, 0.2) is 72.8 Å². The van der Waals surface area contributed by atoms with Crippen LogP contribution in [0.2, 0.25) is 0 Å². The van der Waals surface area contributed by atoms with Crippen LogP contribution in [0.3, 0.4) is 0 Å². The SMILES string of the molecule is CC[C@H](C(=O)N1CCCC[C@H]1C(=O)O[C@H](CCc1ccc(OC)c(OC)c1)c1ccccc1OCC(=O)NCCOCCOCCOc1cccc2c1C(=O)N(C1CCC(=O)NC1=O)C2=O)c1cc(OC)c(OC)c(OC)c1. The summed E-state index contributed by atoms with van der Waals surface area (Å²) in [5.74, 6) is -1.40. The molecule has 3 aliphatic rings. The Morgan fingerprint density at radius 2 is 1.41 bits per heavy atom. The topological polar surface area (TPSA) is 242 Å². The maximum atomic E-state index is 14.6. The number of hydrogen-bond donors (Lipinski definition) is 2. The molecule has 418 valence electrons. The highest BCUT2D eigenvalue weighted by molar-refractivity contribution is 6.24. The summed E-state index contributed by atoms with van der Waals surface area (Å²) in [5, 5.41) is 4.96. The third kappa shape index (κ3) is 13.8. The monoisotopic (exact) mass is 1080 g/mol. The molecule has 78 heavy (non-hydrogen) atoms. The number of fused-ring (bicyclic) bond motifs is 1. The molecule has 4 atom stereocenters. The molecule has 4 aromatic rings. The van der Waals surface area contributed by atoms with Crippen LogP contribution in [0.5, 0.6) is 40.2 Å². The molecule has 0 saturated carbocycles. The fourth-order valence-electron chi connectivity index (χ4n) is 9.80. The molecule has 21 heteroatoms. The predicted molar refractivity (Wildman–Crippen MR) is 280 cm³/mol. The van der Waals surface area contributed by atoms with Crippen LogP contribution in [0.4, 0.5) is 0 Å². The summed E-state index contributed by atoms with van der Waals surface area (Å²) in [4.78, 5) is 95.2. The number of carbonyl (C=O) groups is 7.